The number of amides is 1. The van der Waals surface area contributed by atoms with Crippen molar-refractivity contribution < 1.29 is 44.9 Å². The molecule has 0 aliphatic carbocycles. The normalized spacial score (nSPS) is 21.0. The Kier molecular flexibility index (Phi) is 39.0. The average Bonchev–Trinajstić information content (AvgIpc) is 3.25. The van der Waals surface area contributed by atoms with Crippen molar-refractivity contribution in [1.82, 2.24) is 5.32 Å². The lowest BCUT2D eigenvalue weighted by atomic mass is 9.98. The molecule has 0 aromatic heterocycles. The Morgan fingerprint density at radius 3 is 1.23 bits per heavy atom. The highest BCUT2D eigenvalue weighted by Crippen LogP contribution is 2.23. The van der Waals surface area contributed by atoms with E-state index in [-0.39, 0.29) is 18.9 Å². The first-order chi connectivity index (χ1) is 29.3. The van der Waals surface area contributed by atoms with Crippen LogP contribution in [0.5, 0.6) is 0 Å². The van der Waals surface area contributed by atoms with Crippen molar-refractivity contribution in [1.29, 1.82) is 0 Å². The van der Waals surface area contributed by atoms with Crippen molar-refractivity contribution in [3.63, 3.8) is 0 Å². The molecule has 60 heavy (non-hydrogen) atoms. The quantitative estimate of drug-likeness (QED) is 0.0295. The Labute approximate surface area is 368 Å². The van der Waals surface area contributed by atoms with Gasteiger partial charge in [0, 0.05) is 6.42 Å². The molecule has 0 radical (unpaired) electrons. The molecule has 1 fully saturated rings. The van der Waals surface area contributed by atoms with Gasteiger partial charge < -0.3 is 45.4 Å². The van der Waals surface area contributed by atoms with Crippen LogP contribution in [0, 0.1) is 0 Å². The van der Waals surface area contributed by atoms with Gasteiger partial charge in [-0.1, -0.05) is 232 Å². The van der Waals surface area contributed by atoms with E-state index in [4.69, 9.17) is 9.47 Å². The molecule has 1 heterocycles. The van der Waals surface area contributed by atoms with Crippen LogP contribution in [-0.2, 0) is 14.3 Å². The molecule has 8 atom stereocenters. The zero-order valence-corrected chi connectivity index (χ0v) is 39.1. The van der Waals surface area contributed by atoms with E-state index in [1.165, 1.54) is 186 Å². The van der Waals surface area contributed by atoms with E-state index in [0.717, 1.165) is 38.5 Å². The third-order valence-corrected chi connectivity index (χ3v) is 12.8. The van der Waals surface area contributed by atoms with Crippen LogP contribution in [0.1, 0.15) is 251 Å². The van der Waals surface area contributed by atoms with E-state index in [9.17, 15) is 35.4 Å². The number of carbonyl (C=O) groups is 1. The zero-order valence-electron chi connectivity index (χ0n) is 39.1. The summed E-state index contributed by atoms with van der Waals surface area (Å²) in [6.07, 6.45) is 35.5. The number of unbranched alkanes of at least 4 members (excludes halogenated alkanes) is 33. The highest BCUT2D eigenvalue weighted by Gasteiger charge is 2.44. The smallest absolute Gasteiger partial charge is 0.220 e. The summed E-state index contributed by atoms with van der Waals surface area (Å²) in [4.78, 5) is 13.0. The van der Waals surface area contributed by atoms with Gasteiger partial charge in [-0.15, -0.1) is 0 Å². The fraction of sp³-hybridized carbons (Fsp3) is 0.980. The van der Waals surface area contributed by atoms with Crippen LogP contribution in [0.25, 0.3) is 0 Å². The minimum atomic E-state index is -1.60. The number of aliphatic hydroxyl groups excluding tert-OH is 6. The number of hydrogen-bond donors (Lipinski definition) is 7. The van der Waals surface area contributed by atoms with E-state index in [0.29, 0.717) is 6.42 Å². The number of nitrogens with one attached hydrogen (secondary N) is 1. The van der Waals surface area contributed by atoms with Crippen LogP contribution in [-0.4, -0.2) is 98.7 Å². The maximum absolute atomic E-state index is 13.0. The summed E-state index contributed by atoms with van der Waals surface area (Å²) in [6.45, 7) is 3.63. The first kappa shape index (κ1) is 57.2. The molecule has 1 saturated heterocycles. The topological polar surface area (TPSA) is 169 Å². The van der Waals surface area contributed by atoms with Crippen molar-refractivity contribution in [3.05, 3.63) is 0 Å². The Hall–Kier alpha value is -0.850. The summed E-state index contributed by atoms with van der Waals surface area (Å²) in [5, 5.41) is 65.3. The van der Waals surface area contributed by atoms with Gasteiger partial charge in [-0.25, -0.2) is 0 Å². The Bertz CT molecular complexity index is 926. The van der Waals surface area contributed by atoms with Gasteiger partial charge in [0.2, 0.25) is 5.91 Å². The fourth-order valence-electron chi connectivity index (χ4n) is 8.61. The number of carbonyl (C=O) groups excluding carboxylic acids is 1. The van der Waals surface area contributed by atoms with Gasteiger partial charge in [0.25, 0.3) is 0 Å². The van der Waals surface area contributed by atoms with Crippen LogP contribution in [0.15, 0.2) is 0 Å². The maximum atomic E-state index is 13.0. The van der Waals surface area contributed by atoms with E-state index < -0.39 is 55.6 Å². The van der Waals surface area contributed by atoms with E-state index in [1.807, 2.05) is 0 Å². The minimum Gasteiger partial charge on any atom is -0.394 e. The van der Waals surface area contributed by atoms with Crippen molar-refractivity contribution in [2.24, 2.45) is 0 Å². The summed E-state index contributed by atoms with van der Waals surface area (Å²) in [5.41, 5.74) is 0. The first-order valence-electron chi connectivity index (χ1n) is 25.8. The minimum absolute atomic E-state index is 0.252. The second kappa shape index (κ2) is 40.9. The summed E-state index contributed by atoms with van der Waals surface area (Å²) in [7, 11) is 0. The number of ether oxygens (including phenoxy) is 2. The molecular weight excluding hydrogens is 759 g/mol. The van der Waals surface area contributed by atoms with Gasteiger partial charge in [-0.05, 0) is 12.8 Å². The molecule has 10 heteroatoms. The predicted octanol–water partition coefficient (Wildman–Crippen LogP) is 10.5. The highest BCUT2D eigenvalue weighted by molar-refractivity contribution is 5.76. The van der Waals surface area contributed by atoms with Crippen LogP contribution < -0.4 is 5.32 Å². The van der Waals surface area contributed by atoms with Gasteiger partial charge in [0.1, 0.15) is 30.5 Å². The molecule has 1 aliphatic heterocycles. The maximum Gasteiger partial charge on any atom is 0.220 e. The average molecular weight is 858 g/mol. The zero-order chi connectivity index (χ0) is 43.9. The second-order valence-corrected chi connectivity index (χ2v) is 18.5. The van der Waals surface area contributed by atoms with Crippen molar-refractivity contribution >= 4 is 5.91 Å². The lowest BCUT2D eigenvalue weighted by molar-refractivity contribution is -0.303. The molecule has 0 bridgehead atoms. The summed E-state index contributed by atoms with van der Waals surface area (Å²) in [6, 6.07) is -0.985. The molecular formula is C50H99NO9. The van der Waals surface area contributed by atoms with Gasteiger partial charge in [-0.3, -0.25) is 4.79 Å². The molecule has 10 nitrogen and oxygen atoms in total. The Morgan fingerprint density at radius 1 is 0.517 bits per heavy atom. The van der Waals surface area contributed by atoms with Crippen molar-refractivity contribution in [2.45, 2.75) is 300 Å². The molecule has 0 aromatic rings. The van der Waals surface area contributed by atoms with Crippen molar-refractivity contribution in [3.8, 4) is 0 Å². The number of aliphatic hydroxyl groups is 6. The van der Waals surface area contributed by atoms with E-state index >= 15 is 0 Å². The fourth-order valence-corrected chi connectivity index (χ4v) is 8.61. The standard InChI is InChI=1S/C50H99NO9/c1-3-5-7-9-11-13-15-17-18-19-20-21-22-23-24-25-26-27-29-31-33-35-37-39-45(54)51-42(41-59-50-49(58)48(57)47(56)44(40-52)60-50)46(55)43(53)38-36-34-32-30-28-16-14-12-10-8-6-4-2/h42-44,46-50,52-53,55-58H,3-41H2,1-2H3,(H,51,54)/t42-,43-,44+,46-,47-,48-,49+,50+/m0/s1. The third kappa shape index (κ3) is 30.3. The lowest BCUT2D eigenvalue weighted by Gasteiger charge is -2.40. The predicted molar refractivity (Wildman–Crippen MR) is 246 cm³/mol. The van der Waals surface area contributed by atoms with Crippen LogP contribution >= 0.6 is 0 Å². The third-order valence-electron chi connectivity index (χ3n) is 12.8. The molecule has 0 saturated carbocycles. The monoisotopic (exact) mass is 858 g/mol. The van der Waals surface area contributed by atoms with Gasteiger partial charge in [0.05, 0.1) is 25.4 Å². The Morgan fingerprint density at radius 2 is 0.867 bits per heavy atom. The lowest BCUT2D eigenvalue weighted by Crippen LogP contribution is -2.60. The van der Waals surface area contributed by atoms with Crippen LogP contribution in [0.2, 0.25) is 0 Å². The van der Waals surface area contributed by atoms with Gasteiger partial charge in [0.15, 0.2) is 6.29 Å². The second-order valence-electron chi connectivity index (χ2n) is 18.5. The highest BCUT2D eigenvalue weighted by atomic mass is 16.7. The molecule has 1 rings (SSSR count). The van der Waals surface area contributed by atoms with Crippen LogP contribution in [0.3, 0.4) is 0 Å². The molecule has 1 amide bonds. The summed E-state index contributed by atoms with van der Waals surface area (Å²) >= 11 is 0. The van der Waals surface area contributed by atoms with Crippen LogP contribution in [0.4, 0.5) is 0 Å². The summed E-state index contributed by atoms with van der Waals surface area (Å²) in [5.74, 6) is -0.252. The van der Waals surface area contributed by atoms with E-state index in [1.54, 1.807) is 0 Å². The number of hydrogen-bond acceptors (Lipinski definition) is 9. The molecule has 7 N–H and O–H groups in total. The molecule has 0 unspecified atom stereocenters. The molecule has 1 aliphatic rings. The largest absolute Gasteiger partial charge is 0.394 e. The first-order valence-corrected chi connectivity index (χ1v) is 25.8. The molecule has 0 aromatic carbocycles. The van der Waals surface area contributed by atoms with Crippen molar-refractivity contribution in [2.75, 3.05) is 13.2 Å². The van der Waals surface area contributed by atoms with Gasteiger partial charge in [-0.2, -0.15) is 0 Å². The van der Waals surface area contributed by atoms with E-state index in [2.05, 4.69) is 19.2 Å². The molecule has 0 spiro atoms. The number of rotatable bonds is 44. The summed E-state index contributed by atoms with van der Waals surface area (Å²) < 4.78 is 11.2. The SMILES string of the molecule is CCCCCCCCCCCCCCCCCCCCCCCCCC(=O)N[C@@H](CO[C@@H]1O[C@H](CO)[C@H](O)[C@H](O)[C@H]1O)[C@H](O)[C@@H](O)CCCCCCCCCCCCCC. The van der Waals surface area contributed by atoms with Gasteiger partial charge >= 0.3 is 0 Å². The Balaban J connectivity index is 2.26. The molecule has 358 valence electrons.